The third kappa shape index (κ3) is 6.04. The predicted octanol–water partition coefficient (Wildman–Crippen LogP) is 3.30. The maximum absolute atomic E-state index is 13.6. The molecule has 3 rings (SSSR count). The summed E-state index contributed by atoms with van der Waals surface area (Å²) in [4.78, 5) is 4.49. The van der Waals surface area contributed by atoms with Gasteiger partial charge in [0.25, 0.3) is 0 Å². The van der Waals surface area contributed by atoms with Gasteiger partial charge in [-0.2, -0.15) is 0 Å². The second kappa shape index (κ2) is 8.96. The highest BCUT2D eigenvalue weighted by molar-refractivity contribution is 7.89. The lowest BCUT2D eigenvalue weighted by Gasteiger charge is -2.22. The number of guanidine groups is 1. The van der Waals surface area contributed by atoms with Crippen LogP contribution in [0.15, 0.2) is 58.4 Å². The Balaban J connectivity index is 1.66. The molecule has 3 N–H and O–H groups in total. The average Bonchev–Trinajstić information content (AvgIpc) is 3.48. The number of halogens is 1. The SMILES string of the molecule is CN=C(NCc1ccccc1S(=O)(=O)NC(C)(C)C)NCC1(c2cccc(F)c2)CC1. The molecular weight excluding hydrogens is 415 g/mol. The molecule has 0 unspecified atom stereocenters. The minimum Gasteiger partial charge on any atom is -0.356 e. The van der Waals surface area contributed by atoms with Gasteiger partial charge in [-0.05, 0) is 62.9 Å². The van der Waals surface area contributed by atoms with Crippen LogP contribution >= 0.6 is 0 Å². The van der Waals surface area contributed by atoms with E-state index in [1.54, 1.807) is 37.4 Å². The summed E-state index contributed by atoms with van der Waals surface area (Å²) in [5.74, 6) is 0.339. The van der Waals surface area contributed by atoms with Crippen molar-refractivity contribution in [2.75, 3.05) is 13.6 Å². The fraction of sp³-hybridized carbons (Fsp3) is 0.435. The number of sulfonamides is 1. The van der Waals surface area contributed by atoms with E-state index in [-0.39, 0.29) is 16.1 Å². The fourth-order valence-electron chi connectivity index (χ4n) is 3.56. The molecule has 0 aliphatic heterocycles. The lowest BCUT2D eigenvalue weighted by atomic mass is 9.96. The molecule has 0 atom stereocenters. The third-order valence-corrected chi connectivity index (χ3v) is 7.12. The lowest BCUT2D eigenvalue weighted by molar-refractivity contribution is 0.491. The number of benzene rings is 2. The Bertz CT molecular complexity index is 1060. The van der Waals surface area contributed by atoms with Gasteiger partial charge in [0.2, 0.25) is 10.0 Å². The molecule has 0 amide bonds. The maximum Gasteiger partial charge on any atom is 0.241 e. The first-order valence-electron chi connectivity index (χ1n) is 10.4. The van der Waals surface area contributed by atoms with Crippen molar-refractivity contribution in [3.63, 3.8) is 0 Å². The molecule has 1 aliphatic rings. The van der Waals surface area contributed by atoms with Gasteiger partial charge in [-0.3, -0.25) is 4.99 Å². The summed E-state index contributed by atoms with van der Waals surface area (Å²) in [6, 6.07) is 13.6. The van der Waals surface area contributed by atoms with E-state index in [4.69, 9.17) is 0 Å². The van der Waals surface area contributed by atoms with Gasteiger partial charge in [-0.1, -0.05) is 30.3 Å². The molecule has 0 aromatic heterocycles. The summed E-state index contributed by atoms with van der Waals surface area (Å²) in [5.41, 5.74) is 0.970. The molecule has 1 fully saturated rings. The van der Waals surface area contributed by atoms with Crippen LogP contribution in [0.1, 0.15) is 44.7 Å². The van der Waals surface area contributed by atoms with Gasteiger partial charge in [-0.15, -0.1) is 0 Å². The minimum atomic E-state index is -3.65. The van der Waals surface area contributed by atoms with Crippen molar-refractivity contribution in [3.8, 4) is 0 Å². The molecule has 2 aromatic rings. The van der Waals surface area contributed by atoms with E-state index in [1.807, 2.05) is 32.9 Å². The number of nitrogens with one attached hydrogen (secondary N) is 3. The second-order valence-electron chi connectivity index (χ2n) is 9.03. The number of hydrogen-bond donors (Lipinski definition) is 3. The standard InChI is InChI=1S/C23H31FN4O2S/c1-22(2,3)28-31(29,30)20-11-6-5-8-17(20)15-26-21(25-4)27-16-23(12-13-23)18-9-7-10-19(24)14-18/h5-11,14,28H,12-13,15-16H2,1-4H3,(H2,25,26,27). The fourth-order valence-corrected chi connectivity index (χ4v) is 5.22. The maximum atomic E-state index is 13.6. The minimum absolute atomic E-state index is 0.0857. The highest BCUT2D eigenvalue weighted by Crippen LogP contribution is 2.47. The third-order valence-electron chi connectivity index (χ3n) is 5.26. The van der Waals surface area contributed by atoms with Gasteiger partial charge < -0.3 is 10.6 Å². The number of hydrogen-bond acceptors (Lipinski definition) is 3. The molecule has 0 spiro atoms. The molecule has 6 nitrogen and oxygen atoms in total. The smallest absolute Gasteiger partial charge is 0.241 e. The van der Waals surface area contributed by atoms with Crippen molar-refractivity contribution >= 4 is 16.0 Å². The Kier molecular flexibility index (Phi) is 6.71. The number of rotatable bonds is 7. The molecule has 8 heteroatoms. The van der Waals surface area contributed by atoms with Crippen LogP contribution in [0.25, 0.3) is 0 Å². The van der Waals surface area contributed by atoms with Gasteiger partial charge in [0.05, 0.1) is 4.90 Å². The Labute approximate surface area is 184 Å². The zero-order valence-corrected chi connectivity index (χ0v) is 19.3. The van der Waals surface area contributed by atoms with Gasteiger partial charge in [0.15, 0.2) is 5.96 Å². The van der Waals surface area contributed by atoms with E-state index >= 15 is 0 Å². The van der Waals surface area contributed by atoms with Crippen molar-refractivity contribution in [2.24, 2.45) is 4.99 Å². The Morgan fingerprint density at radius 1 is 1.10 bits per heavy atom. The Hall–Kier alpha value is -2.45. The van der Waals surface area contributed by atoms with Gasteiger partial charge >= 0.3 is 0 Å². The van der Waals surface area contributed by atoms with Crippen LogP contribution in [-0.2, 0) is 22.0 Å². The summed E-state index contributed by atoms with van der Waals surface area (Å²) in [5, 5.41) is 6.51. The molecule has 0 bridgehead atoms. The van der Waals surface area contributed by atoms with Crippen molar-refractivity contribution in [1.29, 1.82) is 0 Å². The largest absolute Gasteiger partial charge is 0.356 e. The van der Waals surface area contributed by atoms with Crippen LogP contribution in [0.3, 0.4) is 0 Å². The monoisotopic (exact) mass is 446 g/mol. The van der Waals surface area contributed by atoms with E-state index in [0.717, 1.165) is 18.4 Å². The molecule has 2 aromatic carbocycles. The highest BCUT2D eigenvalue weighted by Gasteiger charge is 2.44. The average molecular weight is 447 g/mol. The van der Waals surface area contributed by atoms with Crippen molar-refractivity contribution in [1.82, 2.24) is 15.4 Å². The second-order valence-corrected chi connectivity index (χ2v) is 10.7. The van der Waals surface area contributed by atoms with E-state index in [1.165, 1.54) is 6.07 Å². The Morgan fingerprint density at radius 2 is 1.81 bits per heavy atom. The number of nitrogens with zero attached hydrogens (tertiary/aromatic N) is 1. The first-order chi connectivity index (χ1) is 14.5. The molecule has 0 heterocycles. The van der Waals surface area contributed by atoms with Crippen molar-refractivity contribution in [2.45, 2.75) is 56.0 Å². The van der Waals surface area contributed by atoms with Crippen LogP contribution in [0, 0.1) is 5.82 Å². The number of aliphatic imine (C=N–C) groups is 1. The van der Waals surface area contributed by atoms with Gasteiger partial charge in [0, 0.05) is 31.1 Å². The molecule has 1 aliphatic carbocycles. The normalized spacial score (nSPS) is 16.1. The van der Waals surface area contributed by atoms with Gasteiger partial charge in [0.1, 0.15) is 5.82 Å². The van der Waals surface area contributed by atoms with E-state index in [2.05, 4.69) is 20.3 Å². The van der Waals surface area contributed by atoms with Crippen LogP contribution < -0.4 is 15.4 Å². The topological polar surface area (TPSA) is 82.6 Å². The van der Waals surface area contributed by atoms with E-state index in [0.29, 0.717) is 24.6 Å². The summed E-state index contributed by atoms with van der Waals surface area (Å²) in [6.45, 7) is 6.35. The molecule has 1 saturated carbocycles. The Morgan fingerprint density at radius 3 is 2.42 bits per heavy atom. The summed E-state index contributed by atoms with van der Waals surface area (Å²) >= 11 is 0. The van der Waals surface area contributed by atoms with Crippen LogP contribution in [-0.4, -0.2) is 33.5 Å². The highest BCUT2D eigenvalue weighted by atomic mass is 32.2. The van der Waals surface area contributed by atoms with Crippen LogP contribution in [0.5, 0.6) is 0 Å². The zero-order chi connectivity index (χ0) is 22.7. The molecule has 31 heavy (non-hydrogen) atoms. The molecule has 0 radical (unpaired) electrons. The molecule has 0 saturated heterocycles. The summed E-state index contributed by atoms with van der Waals surface area (Å²) in [6.07, 6.45) is 1.97. The lowest BCUT2D eigenvalue weighted by Crippen LogP contribution is -2.42. The molecular formula is C23H31FN4O2S. The van der Waals surface area contributed by atoms with Crippen molar-refractivity contribution in [3.05, 3.63) is 65.5 Å². The zero-order valence-electron chi connectivity index (χ0n) is 18.5. The predicted molar refractivity (Wildman–Crippen MR) is 122 cm³/mol. The molecule has 168 valence electrons. The van der Waals surface area contributed by atoms with Crippen LogP contribution in [0.4, 0.5) is 4.39 Å². The quantitative estimate of drug-likeness (QED) is 0.450. The van der Waals surface area contributed by atoms with Crippen molar-refractivity contribution < 1.29 is 12.8 Å². The summed E-state index contributed by atoms with van der Waals surface area (Å²) in [7, 11) is -1.99. The van der Waals surface area contributed by atoms with E-state index in [9.17, 15) is 12.8 Å². The first kappa shape index (κ1) is 23.2. The van der Waals surface area contributed by atoms with Gasteiger partial charge in [-0.25, -0.2) is 17.5 Å². The van der Waals surface area contributed by atoms with Crippen LogP contribution in [0.2, 0.25) is 0 Å². The first-order valence-corrected chi connectivity index (χ1v) is 11.9. The summed E-state index contributed by atoms with van der Waals surface area (Å²) < 4.78 is 42.0. The van der Waals surface area contributed by atoms with E-state index < -0.39 is 15.6 Å².